The Labute approximate surface area is 55.2 Å². The predicted molar refractivity (Wildman–Crippen MR) is 34.0 cm³/mol. The van der Waals surface area contributed by atoms with Crippen molar-refractivity contribution in [2.75, 3.05) is 6.61 Å². The fourth-order valence-electron chi connectivity index (χ4n) is 0.966. The molecule has 52 valence electrons. The highest BCUT2D eigenvalue weighted by Gasteiger charge is 2.37. The van der Waals surface area contributed by atoms with E-state index < -0.39 is 0 Å². The van der Waals surface area contributed by atoms with Crippen LogP contribution in [0.2, 0.25) is 0 Å². The molecule has 1 fully saturated rings. The summed E-state index contributed by atoms with van der Waals surface area (Å²) in [6.07, 6.45) is 1.79. The van der Waals surface area contributed by atoms with Gasteiger partial charge in [0, 0.05) is 0 Å². The van der Waals surface area contributed by atoms with Crippen LogP contribution in [-0.2, 0) is 9.53 Å². The molecule has 1 rings (SSSR count). The van der Waals surface area contributed by atoms with Crippen LogP contribution in [0.25, 0.3) is 0 Å². The van der Waals surface area contributed by atoms with Gasteiger partial charge in [0.2, 0.25) is 0 Å². The van der Waals surface area contributed by atoms with Crippen LogP contribution in [-0.4, -0.2) is 12.6 Å². The minimum atomic E-state index is -0.167. The van der Waals surface area contributed by atoms with Crippen molar-refractivity contribution in [1.29, 1.82) is 0 Å². The second-order valence-corrected chi connectivity index (χ2v) is 2.80. The Morgan fingerprint density at radius 1 is 1.78 bits per heavy atom. The van der Waals surface area contributed by atoms with E-state index in [9.17, 15) is 4.79 Å². The summed E-state index contributed by atoms with van der Waals surface area (Å²) in [6.45, 7) is 4.60. The maximum atomic E-state index is 10.9. The summed E-state index contributed by atoms with van der Waals surface area (Å²) in [6, 6.07) is 0. The molecule has 1 aliphatic heterocycles. The zero-order valence-electron chi connectivity index (χ0n) is 5.94. The van der Waals surface area contributed by atoms with Crippen LogP contribution in [0.5, 0.6) is 0 Å². The van der Waals surface area contributed by atoms with E-state index in [1.807, 2.05) is 13.8 Å². The lowest BCUT2D eigenvalue weighted by Crippen LogP contribution is -2.20. The Balaban J connectivity index is 2.67. The van der Waals surface area contributed by atoms with Crippen LogP contribution in [0, 0.1) is 5.41 Å². The minimum Gasteiger partial charge on any atom is -0.465 e. The van der Waals surface area contributed by atoms with Crippen molar-refractivity contribution in [2.45, 2.75) is 26.7 Å². The van der Waals surface area contributed by atoms with Gasteiger partial charge in [-0.05, 0) is 19.8 Å². The van der Waals surface area contributed by atoms with Gasteiger partial charge in [-0.1, -0.05) is 6.92 Å². The third-order valence-corrected chi connectivity index (χ3v) is 2.16. The molecule has 0 N–H and O–H groups in total. The van der Waals surface area contributed by atoms with E-state index in [1.165, 1.54) is 0 Å². The van der Waals surface area contributed by atoms with Crippen LogP contribution < -0.4 is 0 Å². The average Bonchev–Trinajstić information content (AvgIpc) is 2.15. The molecule has 1 saturated heterocycles. The Kier molecular flexibility index (Phi) is 1.47. The van der Waals surface area contributed by atoms with Crippen LogP contribution in [0.15, 0.2) is 0 Å². The van der Waals surface area contributed by atoms with Gasteiger partial charge >= 0.3 is 5.97 Å². The molecule has 0 spiro atoms. The van der Waals surface area contributed by atoms with E-state index in [0.29, 0.717) is 6.61 Å². The molecule has 9 heavy (non-hydrogen) atoms. The molecule has 0 aromatic rings. The molecule has 1 aliphatic rings. The minimum absolute atomic E-state index is 0.0231. The van der Waals surface area contributed by atoms with E-state index in [-0.39, 0.29) is 11.4 Å². The van der Waals surface area contributed by atoms with Crippen LogP contribution in [0.1, 0.15) is 26.7 Å². The molecule has 1 atom stereocenters. The van der Waals surface area contributed by atoms with Crippen molar-refractivity contribution in [3.05, 3.63) is 0 Å². The Morgan fingerprint density at radius 2 is 2.44 bits per heavy atom. The third-order valence-electron chi connectivity index (χ3n) is 2.16. The molecule has 2 nitrogen and oxygen atoms in total. The van der Waals surface area contributed by atoms with Gasteiger partial charge in [-0.25, -0.2) is 0 Å². The zero-order chi connectivity index (χ0) is 6.91. The summed E-state index contributed by atoms with van der Waals surface area (Å²) in [4.78, 5) is 10.9. The molecular weight excluding hydrogens is 116 g/mol. The first-order valence-electron chi connectivity index (χ1n) is 3.36. The quantitative estimate of drug-likeness (QED) is 0.498. The van der Waals surface area contributed by atoms with Gasteiger partial charge in [-0.15, -0.1) is 0 Å². The Hall–Kier alpha value is -0.530. The first-order valence-corrected chi connectivity index (χ1v) is 3.36. The molecule has 0 unspecified atom stereocenters. The second-order valence-electron chi connectivity index (χ2n) is 2.80. The lowest BCUT2D eigenvalue weighted by Gasteiger charge is -2.14. The number of cyclic esters (lactones) is 1. The topological polar surface area (TPSA) is 26.3 Å². The number of rotatable bonds is 1. The predicted octanol–water partition coefficient (Wildman–Crippen LogP) is 1.35. The normalized spacial score (nSPS) is 34.7. The SMILES string of the molecule is CC[C@]1(C)CCOC1=O. The van der Waals surface area contributed by atoms with E-state index in [1.54, 1.807) is 0 Å². The zero-order valence-corrected chi connectivity index (χ0v) is 5.94. The van der Waals surface area contributed by atoms with E-state index in [4.69, 9.17) is 4.74 Å². The molecule has 0 aromatic carbocycles. The summed E-state index contributed by atoms with van der Waals surface area (Å²) in [5, 5.41) is 0. The van der Waals surface area contributed by atoms with Crippen molar-refractivity contribution in [1.82, 2.24) is 0 Å². The fraction of sp³-hybridized carbons (Fsp3) is 0.857. The number of hydrogen-bond acceptors (Lipinski definition) is 2. The van der Waals surface area contributed by atoms with Crippen molar-refractivity contribution in [3.8, 4) is 0 Å². The van der Waals surface area contributed by atoms with Crippen LogP contribution in [0.4, 0.5) is 0 Å². The molecule has 2 heteroatoms. The van der Waals surface area contributed by atoms with Crippen molar-refractivity contribution in [2.24, 2.45) is 5.41 Å². The molecule has 0 bridgehead atoms. The number of ether oxygens (including phenoxy) is 1. The van der Waals surface area contributed by atoms with E-state index >= 15 is 0 Å². The smallest absolute Gasteiger partial charge is 0.311 e. The van der Waals surface area contributed by atoms with E-state index in [2.05, 4.69) is 0 Å². The van der Waals surface area contributed by atoms with Gasteiger partial charge in [0.1, 0.15) is 0 Å². The molecule has 0 saturated carbocycles. The third kappa shape index (κ3) is 0.934. The maximum absolute atomic E-state index is 10.9. The summed E-state index contributed by atoms with van der Waals surface area (Å²) in [5.41, 5.74) is -0.167. The highest BCUT2D eigenvalue weighted by molar-refractivity contribution is 5.77. The molecule has 0 radical (unpaired) electrons. The number of carbonyl (C=O) groups is 1. The lowest BCUT2D eigenvalue weighted by molar-refractivity contribution is -0.145. The van der Waals surface area contributed by atoms with Crippen LogP contribution >= 0.6 is 0 Å². The molecule has 0 aliphatic carbocycles. The maximum Gasteiger partial charge on any atom is 0.311 e. The van der Waals surface area contributed by atoms with Gasteiger partial charge in [-0.2, -0.15) is 0 Å². The highest BCUT2D eigenvalue weighted by atomic mass is 16.5. The van der Waals surface area contributed by atoms with Gasteiger partial charge in [0.05, 0.1) is 12.0 Å². The Bertz CT molecular complexity index is 131. The summed E-state index contributed by atoms with van der Waals surface area (Å²) >= 11 is 0. The van der Waals surface area contributed by atoms with Crippen molar-refractivity contribution < 1.29 is 9.53 Å². The van der Waals surface area contributed by atoms with Gasteiger partial charge in [-0.3, -0.25) is 4.79 Å². The monoisotopic (exact) mass is 128 g/mol. The van der Waals surface area contributed by atoms with E-state index in [0.717, 1.165) is 12.8 Å². The molecule has 0 amide bonds. The average molecular weight is 128 g/mol. The van der Waals surface area contributed by atoms with Gasteiger partial charge in [0.15, 0.2) is 0 Å². The number of esters is 1. The summed E-state index contributed by atoms with van der Waals surface area (Å²) < 4.78 is 4.82. The molecule has 1 heterocycles. The van der Waals surface area contributed by atoms with Gasteiger partial charge in [0.25, 0.3) is 0 Å². The lowest BCUT2D eigenvalue weighted by atomic mass is 9.86. The highest BCUT2D eigenvalue weighted by Crippen LogP contribution is 2.32. The first kappa shape index (κ1) is 6.59. The molecule has 0 aromatic heterocycles. The standard InChI is InChI=1S/C7H12O2/c1-3-7(2)4-5-9-6(7)8/h3-5H2,1-2H3/t7-/m1/s1. The fourth-order valence-corrected chi connectivity index (χ4v) is 0.966. The van der Waals surface area contributed by atoms with Crippen molar-refractivity contribution >= 4 is 5.97 Å². The second kappa shape index (κ2) is 2.01. The number of carbonyl (C=O) groups excluding carboxylic acids is 1. The summed E-state index contributed by atoms with van der Waals surface area (Å²) in [7, 11) is 0. The van der Waals surface area contributed by atoms with Crippen LogP contribution in [0.3, 0.4) is 0 Å². The first-order chi connectivity index (χ1) is 4.19. The largest absolute Gasteiger partial charge is 0.465 e. The van der Waals surface area contributed by atoms with Gasteiger partial charge < -0.3 is 4.74 Å². The Morgan fingerprint density at radius 3 is 2.67 bits per heavy atom. The molecular formula is C7H12O2. The summed E-state index contributed by atoms with van der Waals surface area (Å²) in [5.74, 6) is -0.0231. The van der Waals surface area contributed by atoms with Crippen molar-refractivity contribution in [3.63, 3.8) is 0 Å². The number of hydrogen-bond donors (Lipinski definition) is 0.